The zero-order chi connectivity index (χ0) is 12.1. The van der Waals surface area contributed by atoms with E-state index in [1.54, 1.807) is 0 Å². The number of carbonyl (C=O) groups excluding carboxylic acids is 1. The van der Waals surface area contributed by atoms with Crippen molar-refractivity contribution in [3.8, 4) is 0 Å². The van der Waals surface area contributed by atoms with Crippen molar-refractivity contribution < 1.29 is 4.79 Å². The number of hydrogen-bond acceptors (Lipinski definition) is 4. The molecule has 0 aromatic heterocycles. The van der Waals surface area contributed by atoms with E-state index in [2.05, 4.69) is 16.5 Å². The Morgan fingerprint density at radius 1 is 1.35 bits per heavy atom. The molecule has 2 aliphatic rings. The second-order valence-electron chi connectivity index (χ2n) is 4.76. The molecule has 5 heteroatoms. The van der Waals surface area contributed by atoms with Crippen LogP contribution < -0.4 is 5.32 Å². The Morgan fingerprint density at radius 3 is 2.82 bits per heavy atom. The molecule has 0 spiro atoms. The fourth-order valence-electron chi connectivity index (χ4n) is 2.68. The van der Waals surface area contributed by atoms with Crippen molar-refractivity contribution in [1.29, 1.82) is 0 Å². The van der Waals surface area contributed by atoms with Crippen molar-refractivity contribution in [2.45, 2.75) is 18.9 Å². The van der Waals surface area contributed by atoms with Crippen LogP contribution in [0.3, 0.4) is 0 Å². The molecule has 2 aliphatic heterocycles. The highest BCUT2D eigenvalue weighted by atomic mass is 32.2. The Kier molecular flexibility index (Phi) is 5.13. The van der Waals surface area contributed by atoms with Gasteiger partial charge in [0.15, 0.2) is 0 Å². The molecule has 1 unspecified atom stereocenters. The third-order valence-electron chi connectivity index (χ3n) is 3.66. The first-order valence-corrected chi connectivity index (χ1v) is 7.95. The summed E-state index contributed by atoms with van der Waals surface area (Å²) in [6.07, 6.45) is 4.36. The second kappa shape index (κ2) is 6.61. The number of piperazine rings is 1. The summed E-state index contributed by atoms with van der Waals surface area (Å²) in [4.78, 5) is 16.8. The van der Waals surface area contributed by atoms with Crippen molar-refractivity contribution in [3.63, 3.8) is 0 Å². The van der Waals surface area contributed by atoms with Crippen LogP contribution >= 0.6 is 11.8 Å². The highest BCUT2D eigenvalue weighted by Gasteiger charge is 2.33. The van der Waals surface area contributed by atoms with E-state index < -0.39 is 0 Å². The third kappa shape index (κ3) is 3.36. The summed E-state index contributed by atoms with van der Waals surface area (Å²) in [5.41, 5.74) is 0. The molecule has 2 saturated heterocycles. The lowest BCUT2D eigenvalue weighted by Crippen LogP contribution is -2.52. The van der Waals surface area contributed by atoms with Crippen LogP contribution in [0.5, 0.6) is 0 Å². The van der Waals surface area contributed by atoms with Gasteiger partial charge in [-0.3, -0.25) is 9.69 Å². The second-order valence-corrected chi connectivity index (χ2v) is 5.75. The molecule has 2 rings (SSSR count). The van der Waals surface area contributed by atoms with Gasteiger partial charge in [-0.25, -0.2) is 0 Å². The number of likely N-dealkylation sites (tertiary alicyclic amines) is 1. The van der Waals surface area contributed by atoms with Gasteiger partial charge >= 0.3 is 0 Å². The monoisotopic (exact) mass is 257 g/mol. The molecule has 0 aromatic carbocycles. The number of nitrogens with one attached hydrogen (secondary N) is 1. The van der Waals surface area contributed by atoms with Gasteiger partial charge in [-0.1, -0.05) is 0 Å². The van der Waals surface area contributed by atoms with Crippen molar-refractivity contribution >= 4 is 17.7 Å². The predicted octanol–water partition coefficient (Wildman–Crippen LogP) is 0.246. The van der Waals surface area contributed by atoms with E-state index >= 15 is 0 Å². The van der Waals surface area contributed by atoms with E-state index in [-0.39, 0.29) is 6.04 Å². The fraction of sp³-hybridized carbons (Fsp3) is 0.917. The maximum absolute atomic E-state index is 12.4. The van der Waals surface area contributed by atoms with E-state index in [1.807, 2.05) is 16.7 Å². The topological polar surface area (TPSA) is 35.6 Å². The molecule has 1 amide bonds. The molecule has 17 heavy (non-hydrogen) atoms. The summed E-state index contributed by atoms with van der Waals surface area (Å²) in [5, 5.41) is 3.29. The molecule has 0 saturated carbocycles. The minimum absolute atomic E-state index is 0.167. The van der Waals surface area contributed by atoms with Crippen molar-refractivity contribution in [2.24, 2.45) is 0 Å². The zero-order valence-electron chi connectivity index (χ0n) is 10.7. The molecule has 0 aliphatic carbocycles. The Hall–Kier alpha value is -0.260. The lowest BCUT2D eigenvalue weighted by Gasteiger charge is -2.32. The van der Waals surface area contributed by atoms with Crippen LogP contribution in [0.25, 0.3) is 0 Å². The third-order valence-corrected chi connectivity index (χ3v) is 4.25. The van der Waals surface area contributed by atoms with Gasteiger partial charge in [-0.05, 0) is 25.6 Å². The van der Waals surface area contributed by atoms with Crippen molar-refractivity contribution in [3.05, 3.63) is 0 Å². The number of carbonyl (C=O) groups is 1. The van der Waals surface area contributed by atoms with E-state index in [0.29, 0.717) is 5.91 Å². The molecule has 0 bridgehead atoms. The number of nitrogens with zero attached hydrogens (tertiary/aromatic N) is 2. The van der Waals surface area contributed by atoms with Crippen LogP contribution in [0.2, 0.25) is 0 Å². The summed E-state index contributed by atoms with van der Waals surface area (Å²) in [5.74, 6) is 1.50. The molecule has 1 N–H and O–H groups in total. The summed E-state index contributed by atoms with van der Waals surface area (Å²) in [7, 11) is 0. The SMILES string of the molecule is CSCCN1CCCC1C(=O)N1CCNCC1. The standard InChI is InChI=1S/C12H23N3OS/c1-17-10-9-14-6-2-3-11(14)12(16)15-7-4-13-5-8-15/h11,13H,2-10H2,1H3. The summed E-state index contributed by atoms with van der Waals surface area (Å²) >= 11 is 1.86. The van der Waals surface area contributed by atoms with Gasteiger partial charge in [-0.2, -0.15) is 11.8 Å². The van der Waals surface area contributed by atoms with Gasteiger partial charge in [0.25, 0.3) is 0 Å². The molecule has 4 nitrogen and oxygen atoms in total. The van der Waals surface area contributed by atoms with Gasteiger partial charge in [0.2, 0.25) is 5.91 Å². The molecule has 0 radical (unpaired) electrons. The first-order chi connectivity index (χ1) is 8.33. The van der Waals surface area contributed by atoms with Gasteiger partial charge in [0, 0.05) is 38.5 Å². The maximum atomic E-state index is 12.4. The van der Waals surface area contributed by atoms with Crippen LogP contribution in [0, 0.1) is 0 Å². The first-order valence-electron chi connectivity index (χ1n) is 6.55. The minimum Gasteiger partial charge on any atom is -0.339 e. The maximum Gasteiger partial charge on any atom is 0.240 e. The molecular weight excluding hydrogens is 234 g/mol. The van der Waals surface area contributed by atoms with E-state index in [1.165, 1.54) is 6.42 Å². The van der Waals surface area contributed by atoms with Crippen LogP contribution in [-0.4, -0.2) is 73.0 Å². The molecule has 98 valence electrons. The highest BCUT2D eigenvalue weighted by Crippen LogP contribution is 2.19. The Balaban J connectivity index is 1.88. The van der Waals surface area contributed by atoms with Crippen molar-refractivity contribution in [1.82, 2.24) is 15.1 Å². The van der Waals surface area contributed by atoms with Crippen molar-refractivity contribution in [2.75, 3.05) is 51.3 Å². The lowest BCUT2D eigenvalue weighted by molar-refractivity contribution is -0.136. The lowest BCUT2D eigenvalue weighted by atomic mass is 10.2. The van der Waals surface area contributed by atoms with Crippen LogP contribution in [-0.2, 0) is 4.79 Å². The fourth-order valence-corrected chi connectivity index (χ4v) is 3.10. The zero-order valence-corrected chi connectivity index (χ0v) is 11.5. The van der Waals surface area contributed by atoms with E-state index in [0.717, 1.165) is 51.4 Å². The van der Waals surface area contributed by atoms with Gasteiger partial charge in [0.1, 0.15) is 0 Å². The van der Waals surface area contributed by atoms with Gasteiger partial charge in [0.05, 0.1) is 6.04 Å². The molecular formula is C12H23N3OS. The number of hydrogen-bond donors (Lipinski definition) is 1. The summed E-state index contributed by atoms with van der Waals surface area (Å²) in [6, 6.07) is 0.167. The Morgan fingerprint density at radius 2 is 2.12 bits per heavy atom. The normalized spacial score (nSPS) is 26.4. The Bertz CT molecular complexity index is 256. The summed E-state index contributed by atoms with van der Waals surface area (Å²) in [6.45, 7) is 5.82. The molecule has 2 heterocycles. The first kappa shape index (κ1) is 13.2. The molecule has 0 aromatic rings. The number of amides is 1. The largest absolute Gasteiger partial charge is 0.339 e. The van der Waals surface area contributed by atoms with Gasteiger partial charge < -0.3 is 10.2 Å². The smallest absolute Gasteiger partial charge is 0.240 e. The van der Waals surface area contributed by atoms with Crippen LogP contribution in [0.4, 0.5) is 0 Å². The van der Waals surface area contributed by atoms with Crippen LogP contribution in [0.1, 0.15) is 12.8 Å². The van der Waals surface area contributed by atoms with Gasteiger partial charge in [-0.15, -0.1) is 0 Å². The molecule has 2 fully saturated rings. The minimum atomic E-state index is 0.167. The van der Waals surface area contributed by atoms with E-state index in [4.69, 9.17) is 0 Å². The number of rotatable bonds is 4. The van der Waals surface area contributed by atoms with Crippen LogP contribution in [0.15, 0.2) is 0 Å². The average molecular weight is 257 g/mol. The average Bonchev–Trinajstić information content (AvgIpc) is 2.84. The Labute approximate surface area is 108 Å². The number of thioether (sulfide) groups is 1. The predicted molar refractivity (Wildman–Crippen MR) is 72.4 cm³/mol. The highest BCUT2D eigenvalue weighted by molar-refractivity contribution is 7.98. The quantitative estimate of drug-likeness (QED) is 0.783. The molecule has 1 atom stereocenters. The van der Waals surface area contributed by atoms with E-state index in [9.17, 15) is 4.79 Å². The summed E-state index contributed by atoms with van der Waals surface area (Å²) < 4.78 is 0.